The fourth-order valence-electron chi connectivity index (χ4n) is 3.32. The van der Waals surface area contributed by atoms with Crippen molar-refractivity contribution in [3.05, 3.63) is 24.4 Å². The van der Waals surface area contributed by atoms with E-state index in [0.29, 0.717) is 12.1 Å². The average Bonchev–Trinajstić information content (AvgIpc) is 3.21. The number of hydrogen-bond donors (Lipinski definition) is 1. The summed E-state index contributed by atoms with van der Waals surface area (Å²) in [6, 6.07) is 0.520. The van der Waals surface area contributed by atoms with E-state index in [2.05, 4.69) is 32.6 Å². The topological polar surface area (TPSA) is 55.7 Å². The Hall–Kier alpha value is -1.62. The SMILES string of the molecule is CCCCc1ncc(-c2nccn2C2CCC(OC)CC2)[nH]1. The van der Waals surface area contributed by atoms with Crippen LogP contribution in [0.2, 0.25) is 0 Å². The third-order valence-electron chi connectivity index (χ3n) is 4.68. The molecule has 2 aromatic rings. The summed E-state index contributed by atoms with van der Waals surface area (Å²) in [6.45, 7) is 2.20. The van der Waals surface area contributed by atoms with Crippen molar-refractivity contribution < 1.29 is 4.74 Å². The summed E-state index contributed by atoms with van der Waals surface area (Å²) in [7, 11) is 1.82. The van der Waals surface area contributed by atoms with Gasteiger partial charge in [0.1, 0.15) is 11.5 Å². The summed E-state index contributed by atoms with van der Waals surface area (Å²) >= 11 is 0. The first-order valence-electron chi connectivity index (χ1n) is 8.41. The maximum Gasteiger partial charge on any atom is 0.158 e. The Morgan fingerprint density at radius 2 is 2.09 bits per heavy atom. The van der Waals surface area contributed by atoms with Crippen molar-refractivity contribution >= 4 is 0 Å². The van der Waals surface area contributed by atoms with E-state index in [0.717, 1.165) is 49.4 Å². The van der Waals surface area contributed by atoms with Gasteiger partial charge in [-0.2, -0.15) is 0 Å². The van der Waals surface area contributed by atoms with Crippen LogP contribution in [0.3, 0.4) is 0 Å². The molecule has 1 N–H and O–H groups in total. The van der Waals surface area contributed by atoms with Gasteiger partial charge in [0.15, 0.2) is 5.82 Å². The van der Waals surface area contributed by atoms with Crippen LogP contribution in [0.15, 0.2) is 18.6 Å². The number of nitrogens with zero attached hydrogens (tertiary/aromatic N) is 3. The van der Waals surface area contributed by atoms with Crippen LogP contribution in [-0.4, -0.2) is 32.7 Å². The van der Waals surface area contributed by atoms with E-state index in [9.17, 15) is 0 Å². The Morgan fingerprint density at radius 1 is 1.27 bits per heavy atom. The molecule has 0 atom stereocenters. The number of nitrogens with one attached hydrogen (secondary N) is 1. The maximum absolute atomic E-state index is 5.47. The van der Waals surface area contributed by atoms with Crippen molar-refractivity contribution in [1.29, 1.82) is 0 Å². The molecule has 1 aliphatic rings. The second-order valence-corrected chi connectivity index (χ2v) is 6.17. The van der Waals surface area contributed by atoms with Crippen LogP contribution in [0.25, 0.3) is 11.5 Å². The molecule has 0 aliphatic heterocycles. The number of aromatic amines is 1. The van der Waals surface area contributed by atoms with E-state index < -0.39 is 0 Å². The molecule has 0 bridgehead atoms. The number of rotatable bonds is 6. The molecule has 0 unspecified atom stereocenters. The smallest absolute Gasteiger partial charge is 0.158 e. The van der Waals surface area contributed by atoms with Crippen molar-refractivity contribution in [2.45, 2.75) is 64.0 Å². The van der Waals surface area contributed by atoms with Crippen LogP contribution in [0.4, 0.5) is 0 Å². The molecule has 0 aromatic carbocycles. The first-order valence-corrected chi connectivity index (χ1v) is 8.41. The van der Waals surface area contributed by atoms with Crippen LogP contribution >= 0.6 is 0 Å². The molecular formula is C17H26N4O. The quantitative estimate of drug-likeness (QED) is 0.884. The van der Waals surface area contributed by atoms with Gasteiger partial charge in [-0.15, -0.1) is 0 Å². The van der Waals surface area contributed by atoms with Crippen molar-refractivity contribution in [3.8, 4) is 11.5 Å². The molecule has 0 amide bonds. The number of aromatic nitrogens is 4. The Kier molecular flexibility index (Phi) is 4.93. The molecule has 2 aromatic heterocycles. The van der Waals surface area contributed by atoms with E-state index in [1.165, 1.54) is 12.8 Å². The van der Waals surface area contributed by atoms with Crippen LogP contribution in [0.5, 0.6) is 0 Å². The molecule has 0 spiro atoms. The second-order valence-electron chi connectivity index (χ2n) is 6.17. The minimum atomic E-state index is 0.427. The van der Waals surface area contributed by atoms with Gasteiger partial charge in [-0.25, -0.2) is 9.97 Å². The molecule has 1 fully saturated rings. The Labute approximate surface area is 132 Å². The number of hydrogen-bond acceptors (Lipinski definition) is 3. The zero-order valence-corrected chi connectivity index (χ0v) is 13.6. The van der Waals surface area contributed by atoms with E-state index in [-0.39, 0.29) is 0 Å². The summed E-state index contributed by atoms with van der Waals surface area (Å²) in [5.74, 6) is 2.07. The summed E-state index contributed by atoms with van der Waals surface area (Å²) in [4.78, 5) is 12.5. The van der Waals surface area contributed by atoms with Crippen molar-refractivity contribution in [2.24, 2.45) is 0 Å². The second kappa shape index (κ2) is 7.09. The van der Waals surface area contributed by atoms with Crippen molar-refractivity contribution in [2.75, 3.05) is 7.11 Å². The molecule has 5 heteroatoms. The van der Waals surface area contributed by atoms with Gasteiger partial charge < -0.3 is 14.3 Å². The van der Waals surface area contributed by atoms with Crippen LogP contribution in [0, 0.1) is 0 Å². The highest BCUT2D eigenvalue weighted by Crippen LogP contribution is 2.32. The van der Waals surface area contributed by atoms with Crippen LogP contribution in [0.1, 0.15) is 57.3 Å². The lowest BCUT2D eigenvalue weighted by Gasteiger charge is -2.29. The fraction of sp³-hybridized carbons (Fsp3) is 0.647. The first-order chi connectivity index (χ1) is 10.8. The molecule has 120 valence electrons. The maximum atomic E-state index is 5.47. The summed E-state index contributed by atoms with van der Waals surface area (Å²) in [5, 5.41) is 0. The van der Waals surface area contributed by atoms with Crippen LogP contribution in [-0.2, 0) is 11.2 Å². The summed E-state index contributed by atoms with van der Waals surface area (Å²) in [5.41, 5.74) is 1.03. The number of H-pyrrole nitrogens is 1. The van der Waals surface area contributed by atoms with E-state index in [1.54, 1.807) is 0 Å². The molecule has 3 rings (SSSR count). The fourth-order valence-corrected chi connectivity index (χ4v) is 3.32. The molecule has 1 aliphatic carbocycles. The predicted octanol–water partition coefficient (Wildman–Crippen LogP) is 3.75. The summed E-state index contributed by atoms with van der Waals surface area (Å²) in [6.07, 6.45) is 14.3. The van der Waals surface area contributed by atoms with Gasteiger partial charge in [-0.05, 0) is 32.1 Å². The first kappa shape index (κ1) is 15.3. The van der Waals surface area contributed by atoms with Gasteiger partial charge in [0.25, 0.3) is 0 Å². The number of aryl methyl sites for hydroxylation is 1. The molecule has 22 heavy (non-hydrogen) atoms. The lowest BCUT2D eigenvalue weighted by atomic mass is 9.92. The Balaban J connectivity index is 1.73. The molecular weight excluding hydrogens is 276 g/mol. The third-order valence-corrected chi connectivity index (χ3v) is 4.68. The number of methoxy groups -OCH3 is 1. The highest BCUT2D eigenvalue weighted by Gasteiger charge is 2.24. The lowest BCUT2D eigenvalue weighted by molar-refractivity contribution is 0.0586. The minimum absolute atomic E-state index is 0.427. The molecule has 1 saturated carbocycles. The molecule has 0 radical (unpaired) electrons. The average molecular weight is 302 g/mol. The van der Waals surface area contributed by atoms with Gasteiger partial charge in [-0.1, -0.05) is 13.3 Å². The Bertz CT molecular complexity index is 581. The standard InChI is InChI=1S/C17H26N4O/c1-3-4-5-16-19-12-15(20-16)17-18-10-11-21(17)13-6-8-14(22-2)9-7-13/h10-14H,3-9H2,1-2H3,(H,19,20). The van der Waals surface area contributed by atoms with Gasteiger partial charge in [-0.3, -0.25) is 0 Å². The summed E-state index contributed by atoms with van der Waals surface area (Å²) < 4.78 is 7.78. The molecule has 2 heterocycles. The number of imidazole rings is 2. The zero-order valence-electron chi connectivity index (χ0n) is 13.6. The molecule has 5 nitrogen and oxygen atoms in total. The van der Waals surface area contributed by atoms with Gasteiger partial charge in [0.2, 0.25) is 0 Å². The number of ether oxygens (including phenoxy) is 1. The van der Waals surface area contributed by atoms with Gasteiger partial charge in [0.05, 0.1) is 12.3 Å². The van der Waals surface area contributed by atoms with Crippen molar-refractivity contribution in [1.82, 2.24) is 19.5 Å². The monoisotopic (exact) mass is 302 g/mol. The number of unbranched alkanes of at least 4 members (excludes halogenated alkanes) is 1. The highest BCUT2D eigenvalue weighted by molar-refractivity contribution is 5.49. The van der Waals surface area contributed by atoms with E-state index in [4.69, 9.17) is 4.74 Å². The van der Waals surface area contributed by atoms with Gasteiger partial charge >= 0.3 is 0 Å². The van der Waals surface area contributed by atoms with Crippen LogP contribution < -0.4 is 0 Å². The highest BCUT2D eigenvalue weighted by atomic mass is 16.5. The van der Waals surface area contributed by atoms with E-state index >= 15 is 0 Å². The third kappa shape index (κ3) is 3.24. The van der Waals surface area contributed by atoms with Gasteiger partial charge in [0, 0.05) is 32.0 Å². The minimum Gasteiger partial charge on any atom is -0.381 e. The zero-order chi connectivity index (χ0) is 15.4. The Morgan fingerprint density at radius 3 is 2.82 bits per heavy atom. The normalized spacial score (nSPS) is 22.1. The lowest BCUT2D eigenvalue weighted by Crippen LogP contribution is -2.22. The van der Waals surface area contributed by atoms with Crippen molar-refractivity contribution in [3.63, 3.8) is 0 Å². The molecule has 0 saturated heterocycles. The van der Waals surface area contributed by atoms with E-state index in [1.807, 2.05) is 19.5 Å². The largest absolute Gasteiger partial charge is 0.381 e. The predicted molar refractivity (Wildman–Crippen MR) is 86.7 cm³/mol.